The van der Waals surface area contributed by atoms with Crippen LogP contribution in [0.4, 0.5) is 17.1 Å². The second-order valence-electron chi connectivity index (χ2n) is 14.5. The minimum atomic E-state index is 0.885. The van der Waals surface area contributed by atoms with Crippen LogP contribution in [-0.2, 0) is 0 Å². The first kappa shape index (κ1) is 32.0. The maximum absolute atomic E-state index is 6.65. The zero-order valence-corrected chi connectivity index (χ0v) is 30.6. The predicted molar refractivity (Wildman–Crippen MR) is 237 cm³/mol. The molecule has 0 aliphatic rings. The summed E-state index contributed by atoms with van der Waals surface area (Å²) in [6.45, 7) is 0. The zero-order valence-electron chi connectivity index (χ0n) is 30.6. The molecule has 0 saturated carbocycles. The van der Waals surface area contributed by atoms with Crippen molar-refractivity contribution in [1.82, 2.24) is 0 Å². The number of furan rings is 1. The number of benzene rings is 10. The average Bonchev–Trinajstić information content (AvgIpc) is 3.65. The molecule has 0 bridgehead atoms. The van der Waals surface area contributed by atoms with Crippen LogP contribution in [0, 0.1) is 0 Å². The molecule has 2 heteroatoms. The summed E-state index contributed by atoms with van der Waals surface area (Å²) in [7, 11) is 0. The van der Waals surface area contributed by atoms with E-state index in [0.29, 0.717) is 0 Å². The lowest BCUT2D eigenvalue weighted by atomic mass is 9.96. The summed E-state index contributed by atoms with van der Waals surface area (Å²) in [6, 6.07) is 76.4. The second-order valence-corrected chi connectivity index (χ2v) is 14.5. The molecule has 11 aromatic rings. The minimum Gasteiger partial charge on any atom is -0.455 e. The van der Waals surface area contributed by atoms with Crippen molar-refractivity contribution in [3.05, 3.63) is 212 Å². The Balaban J connectivity index is 1.02. The maximum atomic E-state index is 6.65. The van der Waals surface area contributed by atoms with Gasteiger partial charge in [-0.3, -0.25) is 0 Å². The second kappa shape index (κ2) is 13.2. The first-order valence-electron chi connectivity index (χ1n) is 19.2. The lowest BCUT2D eigenvalue weighted by Gasteiger charge is -2.29. The zero-order chi connectivity index (χ0) is 37.0. The molecule has 10 aromatic carbocycles. The molecule has 262 valence electrons. The Hall–Kier alpha value is -7.42. The first-order chi connectivity index (χ1) is 27.8. The van der Waals surface area contributed by atoms with Gasteiger partial charge in [-0.15, -0.1) is 0 Å². The lowest BCUT2D eigenvalue weighted by Crippen LogP contribution is -2.11. The van der Waals surface area contributed by atoms with Crippen LogP contribution in [0.25, 0.3) is 87.6 Å². The maximum Gasteiger partial charge on any atom is 0.143 e. The molecule has 0 amide bonds. The molecule has 2 nitrogen and oxygen atoms in total. The van der Waals surface area contributed by atoms with E-state index in [1.807, 2.05) is 0 Å². The summed E-state index contributed by atoms with van der Waals surface area (Å²) in [6.07, 6.45) is 0. The number of anilines is 3. The van der Waals surface area contributed by atoms with Crippen molar-refractivity contribution in [2.45, 2.75) is 0 Å². The van der Waals surface area contributed by atoms with Gasteiger partial charge in [0.25, 0.3) is 0 Å². The molecular formula is C54H35NO. The number of hydrogen-bond donors (Lipinski definition) is 0. The van der Waals surface area contributed by atoms with Gasteiger partial charge in [-0.1, -0.05) is 170 Å². The molecule has 0 N–H and O–H groups in total. The molecule has 1 heterocycles. The Morgan fingerprint density at radius 3 is 1.61 bits per heavy atom. The Morgan fingerprint density at radius 2 is 0.821 bits per heavy atom. The van der Waals surface area contributed by atoms with Crippen molar-refractivity contribution in [2.24, 2.45) is 0 Å². The van der Waals surface area contributed by atoms with Gasteiger partial charge >= 0.3 is 0 Å². The van der Waals surface area contributed by atoms with E-state index >= 15 is 0 Å². The lowest BCUT2D eigenvalue weighted by molar-refractivity contribution is 0.673. The van der Waals surface area contributed by atoms with Gasteiger partial charge < -0.3 is 9.32 Å². The molecule has 11 rings (SSSR count). The highest BCUT2D eigenvalue weighted by Crippen LogP contribution is 2.45. The summed E-state index contributed by atoms with van der Waals surface area (Å²) in [5.41, 5.74) is 12.2. The number of hydrogen-bond acceptors (Lipinski definition) is 2. The van der Waals surface area contributed by atoms with Gasteiger partial charge in [-0.25, -0.2) is 0 Å². The fourth-order valence-electron chi connectivity index (χ4n) is 8.52. The fourth-order valence-corrected chi connectivity index (χ4v) is 8.52. The highest BCUT2D eigenvalue weighted by Gasteiger charge is 2.20. The summed E-state index contributed by atoms with van der Waals surface area (Å²) in [5, 5.41) is 9.49. The van der Waals surface area contributed by atoms with Crippen LogP contribution >= 0.6 is 0 Å². The fraction of sp³-hybridized carbons (Fsp3) is 0. The van der Waals surface area contributed by atoms with E-state index in [-0.39, 0.29) is 0 Å². The van der Waals surface area contributed by atoms with E-state index in [9.17, 15) is 0 Å². The largest absolute Gasteiger partial charge is 0.455 e. The number of fused-ring (bicyclic) bond motifs is 7. The number of rotatable bonds is 6. The van der Waals surface area contributed by atoms with Crippen LogP contribution in [0.5, 0.6) is 0 Å². The van der Waals surface area contributed by atoms with Crippen LogP contribution in [0.3, 0.4) is 0 Å². The van der Waals surface area contributed by atoms with Gasteiger partial charge in [-0.2, -0.15) is 0 Å². The molecule has 0 atom stereocenters. The third kappa shape index (κ3) is 5.34. The highest BCUT2D eigenvalue weighted by molar-refractivity contribution is 6.15. The van der Waals surface area contributed by atoms with Crippen LogP contribution < -0.4 is 4.90 Å². The monoisotopic (exact) mass is 713 g/mol. The number of para-hydroxylation sites is 1. The number of nitrogens with zero attached hydrogens (tertiary/aromatic N) is 1. The van der Waals surface area contributed by atoms with Crippen LogP contribution in [0.1, 0.15) is 0 Å². The van der Waals surface area contributed by atoms with Crippen LogP contribution in [-0.4, -0.2) is 0 Å². The molecule has 56 heavy (non-hydrogen) atoms. The smallest absolute Gasteiger partial charge is 0.143 e. The van der Waals surface area contributed by atoms with Crippen molar-refractivity contribution >= 4 is 71.3 Å². The van der Waals surface area contributed by atoms with E-state index < -0.39 is 0 Å². The molecule has 0 unspecified atom stereocenters. The van der Waals surface area contributed by atoms with Gasteiger partial charge in [-0.05, 0) is 91.8 Å². The summed E-state index contributed by atoms with van der Waals surface area (Å²) < 4.78 is 6.65. The summed E-state index contributed by atoms with van der Waals surface area (Å²) in [5.74, 6) is 0. The summed E-state index contributed by atoms with van der Waals surface area (Å²) in [4.78, 5) is 2.40. The third-order valence-corrected chi connectivity index (χ3v) is 11.3. The predicted octanol–water partition coefficient (Wildman–Crippen LogP) is 15.5. The molecule has 0 aliphatic carbocycles. The Morgan fingerprint density at radius 1 is 0.304 bits per heavy atom. The topological polar surface area (TPSA) is 16.4 Å². The van der Waals surface area contributed by atoms with Gasteiger partial charge in [0.2, 0.25) is 0 Å². The standard InChI is InChI=1S/C54H35NO/c1-4-16-44-38(11-1)14-9-20-45(44)41-25-23-36(24-26-41)37-27-31-43(32-28-37)55(52-22-10-15-39-12-2-5-17-46(39)52)51-21-8-7-18-47(51)42-30-33-49-50-34-29-40-13-3-6-19-48(40)54(50)56-53(49)35-42/h1-35H. The molecule has 0 radical (unpaired) electrons. The van der Waals surface area contributed by atoms with E-state index in [1.54, 1.807) is 0 Å². The van der Waals surface area contributed by atoms with E-state index in [2.05, 4.69) is 217 Å². The normalized spacial score (nSPS) is 11.6. The van der Waals surface area contributed by atoms with Crippen LogP contribution in [0.2, 0.25) is 0 Å². The molecular weight excluding hydrogens is 679 g/mol. The van der Waals surface area contributed by atoms with E-state index in [0.717, 1.165) is 55.5 Å². The van der Waals surface area contributed by atoms with Gasteiger partial charge in [0.15, 0.2) is 0 Å². The Bertz CT molecular complexity index is 3230. The van der Waals surface area contributed by atoms with Gasteiger partial charge in [0, 0.05) is 32.8 Å². The highest BCUT2D eigenvalue weighted by atomic mass is 16.3. The van der Waals surface area contributed by atoms with Crippen molar-refractivity contribution in [3.63, 3.8) is 0 Å². The Kier molecular flexibility index (Phi) is 7.53. The first-order valence-corrected chi connectivity index (χ1v) is 19.2. The SMILES string of the molecule is c1ccc(N(c2ccc(-c3ccc(-c4cccc5ccccc45)cc3)cc2)c2cccc3ccccc23)c(-c2ccc3c(c2)oc2c4ccccc4ccc32)c1. The van der Waals surface area contributed by atoms with E-state index in [4.69, 9.17) is 4.42 Å². The summed E-state index contributed by atoms with van der Waals surface area (Å²) >= 11 is 0. The van der Waals surface area contributed by atoms with Crippen LogP contribution in [0.15, 0.2) is 217 Å². The van der Waals surface area contributed by atoms with Gasteiger partial charge in [0.1, 0.15) is 11.2 Å². The molecule has 1 aromatic heterocycles. The molecule has 0 spiro atoms. The minimum absolute atomic E-state index is 0.885. The van der Waals surface area contributed by atoms with Crippen molar-refractivity contribution in [3.8, 4) is 33.4 Å². The van der Waals surface area contributed by atoms with Crippen molar-refractivity contribution < 1.29 is 4.42 Å². The Labute approximate surface area is 325 Å². The van der Waals surface area contributed by atoms with Crippen molar-refractivity contribution in [1.29, 1.82) is 0 Å². The van der Waals surface area contributed by atoms with E-state index in [1.165, 1.54) is 49.2 Å². The molecule has 0 aliphatic heterocycles. The molecule has 0 fully saturated rings. The quantitative estimate of drug-likeness (QED) is 0.171. The average molecular weight is 714 g/mol. The van der Waals surface area contributed by atoms with Gasteiger partial charge in [0.05, 0.1) is 11.4 Å². The third-order valence-electron chi connectivity index (χ3n) is 11.3. The molecule has 0 saturated heterocycles. The van der Waals surface area contributed by atoms with Crippen molar-refractivity contribution in [2.75, 3.05) is 4.90 Å².